The quantitative estimate of drug-likeness (QED) is 0.715. The van der Waals surface area contributed by atoms with Crippen LogP contribution in [0.1, 0.15) is 41.1 Å². The zero-order valence-corrected chi connectivity index (χ0v) is 17.3. The fourth-order valence-electron chi connectivity index (χ4n) is 3.81. The number of carbonyl (C=O) groups excluding carboxylic acids is 1. The Balaban J connectivity index is 1.82. The Bertz CT molecular complexity index is 1190. The second-order valence-corrected chi connectivity index (χ2v) is 8.01. The monoisotopic (exact) mass is 430 g/mol. The maximum absolute atomic E-state index is 14.4. The normalized spacial score (nSPS) is 20.6. The lowest BCUT2D eigenvalue weighted by Crippen LogP contribution is -2.59. The van der Waals surface area contributed by atoms with E-state index >= 15 is 0 Å². The molecule has 1 aliphatic heterocycles. The molecule has 2 heterocycles. The average molecular weight is 430 g/mol. The molecule has 2 aromatic rings. The van der Waals surface area contributed by atoms with Crippen molar-refractivity contribution in [3.05, 3.63) is 56.8 Å². The number of hydrogen-bond acceptors (Lipinski definition) is 3. The first kappa shape index (κ1) is 21.0. The van der Waals surface area contributed by atoms with Crippen LogP contribution in [0.3, 0.4) is 0 Å². The number of benzene rings is 1. The molecule has 0 saturated heterocycles. The van der Waals surface area contributed by atoms with Crippen LogP contribution in [0.2, 0.25) is 0 Å². The lowest BCUT2D eigenvalue weighted by molar-refractivity contribution is -0.203. The first-order valence-electron chi connectivity index (χ1n) is 9.87. The number of aryl methyl sites for hydroxylation is 2. The van der Waals surface area contributed by atoms with Crippen LogP contribution in [0.4, 0.5) is 23.7 Å². The number of amides is 2. The van der Waals surface area contributed by atoms with Crippen LogP contribution < -0.4 is 10.9 Å². The highest BCUT2D eigenvalue weighted by Crippen LogP contribution is 2.48. The van der Waals surface area contributed by atoms with Crippen molar-refractivity contribution in [1.82, 2.24) is 14.9 Å². The van der Waals surface area contributed by atoms with E-state index in [1.807, 2.05) is 0 Å². The summed E-state index contributed by atoms with van der Waals surface area (Å²) in [6.07, 6.45) is -3.10. The number of aromatic amines is 1. The van der Waals surface area contributed by atoms with Crippen molar-refractivity contribution in [3.63, 3.8) is 0 Å². The fourth-order valence-corrected chi connectivity index (χ4v) is 3.81. The number of alkyl halides is 3. The number of hydrogen-bond donors (Lipinski definition) is 2. The van der Waals surface area contributed by atoms with Crippen molar-refractivity contribution in [3.8, 4) is 11.8 Å². The van der Waals surface area contributed by atoms with Crippen LogP contribution in [0.15, 0.2) is 23.0 Å². The second kappa shape index (κ2) is 7.15. The molecular formula is C22H21F3N4O2. The van der Waals surface area contributed by atoms with Gasteiger partial charge in [0.2, 0.25) is 5.54 Å². The highest BCUT2D eigenvalue weighted by molar-refractivity contribution is 5.94. The van der Waals surface area contributed by atoms with Gasteiger partial charge in [-0.05, 0) is 38.3 Å². The summed E-state index contributed by atoms with van der Waals surface area (Å²) in [6.45, 7) is 3.37. The first-order chi connectivity index (χ1) is 14.5. The van der Waals surface area contributed by atoms with E-state index in [0.29, 0.717) is 27.5 Å². The number of aromatic nitrogens is 2. The summed E-state index contributed by atoms with van der Waals surface area (Å²) in [4.78, 5) is 32.3. The predicted molar refractivity (Wildman–Crippen MR) is 109 cm³/mol. The number of fused-ring (bicyclic) bond motifs is 1. The van der Waals surface area contributed by atoms with Gasteiger partial charge in [0.1, 0.15) is 5.82 Å². The number of carbonyl (C=O) groups is 1. The number of halogens is 3. The highest BCUT2D eigenvalue weighted by Gasteiger charge is 2.62. The molecule has 2 N–H and O–H groups in total. The van der Waals surface area contributed by atoms with E-state index in [4.69, 9.17) is 0 Å². The largest absolute Gasteiger partial charge is 0.427 e. The van der Waals surface area contributed by atoms with Crippen LogP contribution in [-0.2, 0) is 12.0 Å². The summed E-state index contributed by atoms with van der Waals surface area (Å²) in [5.74, 6) is 5.50. The highest BCUT2D eigenvalue weighted by atomic mass is 19.4. The molecule has 1 aliphatic carbocycles. The minimum Gasteiger partial charge on any atom is -0.311 e. The molecule has 4 rings (SSSR count). The molecule has 1 atom stereocenters. The molecule has 6 nitrogen and oxygen atoms in total. The van der Waals surface area contributed by atoms with Crippen LogP contribution in [0.5, 0.6) is 0 Å². The lowest BCUT2D eigenvalue weighted by atomic mass is 9.84. The Morgan fingerprint density at radius 3 is 2.58 bits per heavy atom. The summed E-state index contributed by atoms with van der Waals surface area (Å²) in [6, 6.07) is 3.44. The number of nitrogens with one attached hydrogen (secondary N) is 2. The third-order valence-electron chi connectivity index (χ3n) is 5.69. The Morgan fingerprint density at radius 2 is 1.97 bits per heavy atom. The summed E-state index contributed by atoms with van der Waals surface area (Å²) >= 11 is 0. The fraction of sp³-hybridized carbons (Fsp3) is 0.409. The van der Waals surface area contributed by atoms with E-state index in [1.54, 1.807) is 13.8 Å². The standard InChI is InChI=1S/C22H21F3N4O2/c1-12-16(19(30)27-13(2)26-12)10-15-6-7-17-18(11-15)28-20(31)29(3)21(17,22(23,24)25)9-8-14-4-5-14/h6-7,11,14H,4-5,10H2,1-3H3,(H,28,31)(H,26,27,30)/t21-/m0/s1. The number of anilines is 1. The van der Waals surface area contributed by atoms with Crippen LogP contribution in [0.25, 0.3) is 0 Å². The smallest absolute Gasteiger partial charge is 0.311 e. The molecule has 1 fully saturated rings. The number of H-pyrrole nitrogens is 1. The second-order valence-electron chi connectivity index (χ2n) is 8.01. The van der Waals surface area contributed by atoms with E-state index in [9.17, 15) is 22.8 Å². The van der Waals surface area contributed by atoms with E-state index in [2.05, 4.69) is 27.1 Å². The van der Waals surface area contributed by atoms with Gasteiger partial charge in [0.05, 0.1) is 0 Å². The SMILES string of the molecule is Cc1nc(C)c(Cc2ccc3c(c2)NC(=O)N(C)[C@]3(C#CC2CC2)C(F)(F)F)c(=O)[nH]1. The van der Waals surface area contributed by atoms with E-state index in [0.717, 1.165) is 19.9 Å². The van der Waals surface area contributed by atoms with Crippen molar-refractivity contribution >= 4 is 11.7 Å². The third kappa shape index (κ3) is 3.56. The van der Waals surface area contributed by atoms with Gasteiger partial charge in [-0.3, -0.25) is 9.69 Å². The summed E-state index contributed by atoms with van der Waals surface area (Å²) in [5, 5.41) is 2.52. The molecule has 0 radical (unpaired) electrons. The molecule has 9 heteroatoms. The maximum Gasteiger partial charge on any atom is 0.427 e. The van der Waals surface area contributed by atoms with E-state index in [1.165, 1.54) is 18.2 Å². The molecule has 0 unspecified atom stereocenters. The van der Waals surface area contributed by atoms with Gasteiger partial charge in [-0.25, -0.2) is 9.78 Å². The van der Waals surface area contributed by atoms with Crippen molar-refractivity contribution in [2.45, 2.75) is 44.8 Å². The summed E-state index contributed by atoms with van der Waals surface area (Å²) in [5.41, 5.74) is -1.59. The minimum atomic E-state index is -4.80. The van der Waals surface area contributed by atoms with Gasteiger partial charge in [0.15, 0.2) is 0 Å². The Morgan fingerprint density at radius 1 is 1.26 bits per heavy atom. The minimum absolute atomic E-state index is 0.0391. The van der Waals surface area contributed by atoms with Crippen molar-refractivity contribution < 1.29 is 18.0 Å². The number of nitrogens with zero attached hydrogens (tertiary/aromatic N) is 2. The molecule has 0 spiro atoms. The summed E-state index contributed by atoms with van der Waals surface area (Å²) < 4.78 is 43.1. The van der Waals surface area contributed by atoms with Gasteiger partial charge >= 0.3 is 12.2 Å². The number of urea groups is 1. The zero-order chi connectivity index (χ0) is 22.6. The Labute approximate surface area is 176 Å². The topological polar surface area (TPSA) is 78.1 Å². The van der Waals surface area contributed by atoms with Crippen LogP contribution in [-0.4, -0.2) is 34.1 Å². The third-order valence-corrected chi connectivity index (χ3v) is 5.69. The van der Waals surface area contributed by atoms with Crippen molar-refractivity contribution in [2.75, 3.05) is 12.4 Å². The lowest BCUT2D eigenvalue weighted by Gasteiger charge is -2.43. The first-order valence-corrected chi connectivity index (χ1v) is 9.87. The molecule has 1 saturated carbocycles. The summed E-state index contributed by atoms with van der Waals surface area (Å²) in [7, 11) is 1.10. The van der Waals surface area contributed by atoms with Crippen LogP contribution in [0, 0.1) is 31.6 Å². The van der Waals surface area contributed by atoms with Crippen molar-refractivity contribution in [2.24, 2.45) is 5.92 Å². The zero-order valence-electron chi connectivity index (χ0n) is 17.3. The Kier molecular flexibility index (Phi) is 4.84. The molecule has 2 amide bonds. The molecule has 162 valence electrons. The van der Waals surface area contributed by atoms with E-state index < -0.39 is 17.7 Å². The average Bonchev–Trinajstić information content (AvgIpc) is 3.48. The van der Waals surface area contributed by atoms with Gasteiger partial charge in [-0.15, -0.1) is 0 Å². The molecule has 0 bridgehead atoms. The van der Waals surface area contributed by atoms with Gasteiger partial charge in [0, 0.05) is 41.9 Å². The molecular weight excluding hydrogens is 409 g/mol. The van der Waals surface area contributed by atoms with Gasteiger partial charge < -0.3 is 10.3 Å². The maximum atomic E-state index is 14.4. The Hall–Kier alpha value is -3.28. The molecule has 1 aromatic carbocycles. The van der Waals surface area contributed by atoms with Crippen LogP contribution >= 0.6 is 0 Å². The van der Waals surface area contributed by atoms with Gasteiger partial charge in [0.25, 0.3) is 5.56 Å². The number of rotatable bonds is 2. The molecule has 1 aromatic heterocycles. The molecule has 31 heavy (non-hydrogen) atoms. The molecule has 2 aliphatic rings. The van der Waals surface area contributed by atoms with Crippen molar-refractivity contribution in [1.29, 1.82) is 0 Å². The predicted octanol–water partition coefficient (Wildman–Crippen LogP) is 3.63. The van der Waals surface area contributed by atoms with E-state index in [-0.39, 0.29) is 29.1 Å². The van der Waals surface area contributed by atoms with Gasteiger partial charge in [-0.1, -0.05) is 24.0 Å². The van der Waals surface area contributed by atoms with Gasteiger partial charge in [-0.2, -0.15) is 13.2 Å².